The smallest absolute Gasteiger partial charge is 0.334 e. The Morgan fingerprint density at radius 1 is 1.29 bits per heavy atom. The maximum atomic E-state index is 11.8. The minimum atomic E-state index is -1.58. The van der Waals surface area contributed by atoms with E-state index in [0.717, 1.165) is 5.82 Å². The lowest BCUT2D eigenvalue weighted by Gasteiger charge is -2.35. The molecular weight excluding hydrogens is 276 g/mol. The molecule has 1 aromatic heterocycles. The molecule has 1 aromatic rings. The predicted octanol–water partition coefficient (Wildman–Crippen LogP) is -0.641. The summed E-state index contributed by atoms with van der Waals surface area (Å²) in [6.07, 6.45) is 0.144. The van der Waals surface area contributed by atoms with Gasteiger partial charge in [-0.25, -0.2) is 14.6 Å². The van der Waals surface area contributed by atoms with Gasteiger partial charge < -0.3 is 25.3 Å². The van der Waals surface area contributed by atoms with Crippen molar-refractivity contribution in [3.05, 3.63) is 24.4 Å². The molecule has 1 fully saturated rings. The molecule has 0 saturated carbocycles. The van der Waals surface area contributed by atoms with E-state index in [9.17, 15) is 9.59 Å². The van der Waals surface area contributed by atoms with Crippen molar-refractivity contribution in [3.8, 4) is 0 Å². The van der Waals surface area contributed by atoms with E-state index in [1.165, 1.54) is 0 Å². The van der Waals surface area contributed by atoms with Crippen molar-refractivity contribution in [2.24, 2.45) is 0 Å². The van der Waals surface area contributed by atoms with Gasteiger partial charge in [-0.05, 0) is 12.1 Å². The van der Waals surface area contributed by atoms with Crippen LogP contribution in [0.25, 0.3) is 0 Å². The van der Waals surface area contributed by atoms with Gasteiger partial charge in [0.2, 0.25) is 0 Å². The summed E-state index contributed by atoms with van der Waals surface area (Å²) >= 11 is 0. The number of amides is 2. The maximum Gasteiger partial charge on any atom is 0.334 e. The Balaban J connectivity index is 1.78. The zero-order chi connectivity index (χ0) is 15.2. The van der Waals surface area contributed by atoms with E-state index >= 15 is 0 Å². The van der Waals surface area contributed by atoms with Gasteiger partial charge in [0.05, 0.1) is 6.54 Å². The SMILES string of the molecule is O=C(O)C(O)CNC(=O)N1CCN(c2ccccn2)CC1. The van der Waals surface area contributed by atoms with E-state index in [2.05, 4.69) is 15.2 Å². The first-order valence-corrected chi connectivity index (χ1v) is 6.67. The maximum absolute atomic E-state index is 11.8. The van der Waals surface area contributed by atoms with Crippen LogP contribution < -0.4 is 10.2 Å². The number of aliphatic hydroxyl groups is 1. The van der Waals surface area contributed by atoms with E-state index in [0.29, 0.717) is 26.2 Å². The highest BCUT2D eigenvalue weighted by molar-refractivity contribution is 5.77. The minimum Gasteiger partial charge on any atom is -0.479 e. The largest absolute Gasteiger partial charge is 0.479 e. The number of carbonyl (C=O) groups is 2. The van der Waals surface area contributed by atoms with Gasteiger partial charge in [-0.2, -0.15) is 0 Å². The number of carbonyl (C=O) groups excluding carboxylic acids is 1. The van der Waals surface area contributed by atoms with Gasteiger partial charge in [0.15, 0.2) is 6.10 Å². The summed E-state index contributed by atoms with van der Waals surface area (Å²) in [5.41, 5.74) is 0. The van der Waals surface area contributed by atoms with Crippen LogP contribution in [0.4, 0.5) is 10.6 Å². The topological polar surface area (TPSA) is 106 Å². The third-order valence-electron chi connectivity index (χ3n) is 3.27. The Morgan fingerprint density at radius 3 is 2.57 bits per heavy atom. The molecule has 0 aromatic carbocycles. The number of rotatable bonds is 4. The molecule has 1 aliphatic rings. The zero-order valence-corrected chi connectivity index (χ0v) is 11.5. The number of aliphatic carboxylic acids is 1. The number of anilines is 1. The Hall–Kier alpha value is -2.35. The fourth-order valence-electron chi connectivity index (χ4n) is 2.06. The summed E-state index contributed by atoms with van der Waals surface area (Å²) < 4.78 is 0. The minimum absolute atomic E-state index is 0.297. The van der Waals surface area contributed by atoms with Gasteiger partial charge in [0, 0.05) is 32.4 Å². The van der Waals surface area contributed by atoms with Crippen LogP contribution in [0, 0.1) is 0 Å². The Bertz CT molecular complexity index is 488. The second-order valence-electron chi connectivity index (χ2n) is 4.70. The lowest BCUT2D eigenvalue weighted by molar-refractivity contribution is -0.146. The molecule has 0 aliphatic carbocycles. The monoisotopic (exact) mass is 294 g/mol. The van der Waals surface area contributed by atoms with Crippen LogP contribution >= 0.6 is 0 Å². The fourth-order valence-corrected chi connectivity index (χ4v) is 2.06. The number of hydrogen-bond acceptors (Lipinski definition) is 5. The third-order valence-corrected chi connectivity index (χ3v) is 3.27. The number of hydrogen-bond donors (Lipinski definition) is 3. The summed E-state index contributed by atoms with van der Waals surface area (Å²) in [6.45, 7) is 2.06. The van der Waals surface area contributed by atoms with Crippen molar-refractivity contribution < 1.29 is 19.8 Å². The number of piperazine rings is 1. The molecule has 114 valence electrons. The first-order chi connectivity index (χ1) is 10.1. The molecule has 1 atom stereocenters. The van der Waals surface area contributed by atoms with Crippen LogP contribution in [0.1, 0.15) is 0 Å². The average molecular weight is 294 g/mol. The number of carboxylic acids is 1. The fraction of sp³-hybridized carbons (Fsp3) is 0.462. The number of nitrogens with one attached hydrogen (secondary N) is 1. The lowest BCUT2D eigenvalue weighted by Crippen LogP contribution is -2.53. The average Bonchev–Trinajstić information content (AvgIpc) is 2.53. The number of pyridine rings is 1. The van der Waals surface area contributed by atoms with Gasteiger partial charge in [-0.15, -0.1) is 0 Å². The van der Waals surface area contributed by atoms with Gasteiger partial charge >= 0.3 is 12.0 Å². The van der Waals surface area contributed by atoms with Gasteiger partial charge in [0.25, 0.3) is 0 Å². The Kier molecular flexibility index (Phi) is 4.94. The van der Waals surface area contributed by atoms with E-state index in [4.69, 9.17) is 10.2 Å². The molecular formula is C13H18N4O4. The highest BCUT2D eigenvalue weighted by Gasteiger charge is 2.22. The molecule has 2 heterocycles. The molecule has 3 N–H and O–H groups in total. The van der Waals surface area contributed by atoms with Crippen molar-refractivity contribution in [2.45, 2.75) is 6.10 Å². The first-order valence-electron chi connectivity index (χ1n) is 6.67. The van der Waals surface area contributed by atoms with Crippen LogP contribution in [0.5, 0.6) is 0 Å². The summed E-state index contributed by atoms with van der Waals surface area (Å²) in [6, 6.07) is 5.31. The summed E-state index contributed by atoms with van der Waals surface area (Å²) in [7, 11) is 0. The number of urea groups is 1. The number of aliphatic hydroxyl groups excluding tert-OH is 1. The van der Waals surface area contributed by atoms with Crippen molar-refractivity contribution in [1.29, 1.82) is 0 Å². The van der Waals surface area contributed by atoms with E-state index in [1.54, 1.807) is 11.1 Å². The van der Waals surface area contributed by atoms with Crippen molar-refractivity contribution in [3.63, 3.8) is 0 Å². The highest BCUT2D eigenvalue weighted by atomic mass is 16.4. The molecule has 21 heavy (non-hydrogen) atoms. The molecule has 1 unspecified atom stereocenters. The number of aromatic nitrogens is 1. The quantitative estimate of drug-likeness (QED) is 0.682. The standard InChI is InChI=1S/C13H18N4O4/c18-10(12(19)20)9-15-13(21)17-7-5-16(6-8-17)11-3-1-2-4-14-11/h1-4,10,18H,5-9H2,(H,15,21)(H,19,20). The lowest BCUT2D eigenvalue weighted by atomic mass is 10.3. The highest BCUT2D eigenvalue weighted by Crippen LogP contribution is 2.12. The van der Waals surface area contributed by atoms with E-state index in [1.807, 2.05) is 18.2 Å². The molecule has 0 bridgehead atoms. The van der Waals surface area contributed by atoms with Crippen LogP contribution in [0.2, 0.25) is 0 Å². The van der Waals surface area contributed by atoms with Crippen molar-refractivity contribution in [2.75, 3.05) is 37.6 Å². The Morgan fingerprint density at radius 2 is 2.00 bits per heavy atom. The molecule has 2 amide bonds. The number of nitrogens with zero attached hydrogens (tertiary/aromatic N) is 3. The molecule has 0 spiro atoms. The van der Waals surface area contributed by atoms with Gasteiger partial charge in [0.1, 0.15) is 5.82 Å². The second-order valence-corrected chi connectivity index (χ2v) is 4.70. The Labute approximate surface area is 122 Å². The van der Waals surface area contributed by atoms with Crippen molar-refractivity contribution >= 4 is 17.8 Å². The zero-order valence-electron chi connectivity index (χ0n) is 11.5. The molecule has 1 aliphatic heterocycles. The molecule has 8 heteroatoms. The van der Waals surface area contributed by atoms with Gasteiger partial charge in [-0.3, -0.25) is 0 Å². The van der Waals surface area contributed by atoms with E-state index < -0.39 is 12.1 Å². The number of carboxylic acid groups (broad SMARTS) is 1. The predicted molar refractivity (Wildman–Crippen MR) is 75.1 cm³/mol. The van der Waals surface area contributed by atoms with E-state index in [-0.39, 0.29) is 12.6 Å². The summed E-state index contributed by atoms with van der Waals surface area (Å²) in [5.74, 6) is -0.478. The normalized spacial score (nSPS) is 16.4. The summed E-state index contributed by atoms with van der Waals surface area (Å²) in [4.78, 5) is 30.2. The van der Waals surface area contributed by atoms with Crippen molar-refractivity contribution in [1.82, 2.24) is 15.2 Å². The van der Waals surface area contributed by atoms with Crippen LogP contribution in [0.3, 0.4) is 0 Å². The van der Waals surface area contributed by atoms with Crippen LogP contribution in [-0.4, -0.2) is 70.9 Å². The van der Waals surface area contributed by atoms with Crippen LogP contribution in [0.15, 0.2) is 24.4 Å². The van der Waals surface area contributed by atoms with Crippen LogP contribution in [-0.2, 0) is 4.79 Å². The molecule has 8 nitrogen and oxygen atoms in total. The first kappa shape index (κ1) is 15.0. The molecule has 0 radical (unpaired) electrons. The molecule has 2 rings (SSSR count). The van der Waals surface area contributed by atoms with Gasteiger partial charge in [-0.1, -0.05) is 6.07 Å². The summed E-state index contributed by atoms with van der Waals surface area (Å²) in [5, 5.41) is 20.1. The molecule has 1 saturated heterocycles. The second kappa shape index (κ2) is 6.89. The third kappa shape index (κ3) is 4.06.